The molecule has 0 spiro atoms. The van der Waals surface area contributed by atoms with Gasteiger partial charge < -0.3 is 4.57 Å². The molecule has 0 amide bonds. The van der Waals surface area contributed by atoms with Crippen LogP contribution in [0.1, 0.15) is 6.92 Å². The van der Waals surface area contributed by atoms with Gasteiger partial charge in [0, 0.05) is 18.9 Å². The third-order valence-electron chi connectivity index (χ3n) is 1.64. The van der Waals surface area contributed by atoms with Crippen LogP contribution in [0.2, 0.25) is 0 Å². The Morgan fingerprint density at radius 3 is 2.55 bits per heavy atom. The average molecular weight is 169 g/mol. The normalized spacial score (nSPS) is 13.3. The van der Waals surface area contributed by atoms with Gasteiger partial charge in [-0.25, -0.2) is 0 Å². The van der Waals surface area contributed by atoms with Gasteiger partial charge in [0.1, 0.15) is 0 Å². The Morgan fingerprint density at radius 1 is 1.36 bits per heavy atom. The molecule has 2 heteroatoms. The zero-order valence-electron chi connectivity index (χ0n) is 7.16. The van der Waals surface area contributed by atoms with E-state index >= 15 is 0 Å². The molecule has 62 valence electrons. The summed E-state index contributed by atoms with van der Waals surface area (Å²) in [5.74, 6) is 2.02. The summed E-state index contributed by atoms with van der Waals surface area (Å²) in [5.41, 5.74) is 0. The second-order valence-electron chi connectivity index (χ2n) is 2.94. The molecule has 11 heavy (non-hydrogen) atoms. The highest BCUT2D eigenvalue weighted by molar-refractivity contribution is 7.98. The first-order valence-electron chi connectivity index (χ1n) is 3.92. The first-order chi connectivity index (χ1) is 5.33. The predicted molar refractivity (Wildman–Crippen MR) is 52.0 cm³/mol. The standard InChI is InChI=1S/C9H15NS/c1-9(8-11-2)7-10-5-3-4-6-10/h3-6,9H,7-8H2,1-2H3. The molecule has 0 N–H and O–H groups in total. The van der Waals surface area contributed by atoms with Crippen molar-refractivity contribution < 1.29 is 0 Å². The van der Waals surface area contributed by atoms with Crippen LogP contribution in [-0.4, -0.2) is 16.6 Å². The van der Waals surface area contributed by atoms with Crippen molar-refractivity contribution in [1.29, 1.82) is 0 Å². The zero-order chi connectivity index (χ0) is 8.10. The summed E-state index contributed by atoms with van der Waals surface area (Å²) in [5, 5.41) is 0. The number of hydrogen-bond donors (Lipinski definition) is 0. The molecule has 0 radical (unpaired) electrons. The Kier molecular flexibility index (Phi) is 3.57. The number of hydrogen-bond acceptors (Lipinski definition) is 1. The SMILES string of the molecule is CSCC(C)Cn1cccc1. The molecule has 1 aromatic rings. The van der Waals surface area contributed by atoms with E-state index in [0.29, 0.717) is 0 Å². The molecule has 1 nitrogen and oxygen atoms in total. The summed E-state index contributed by atoms with van der Waals surface area (Å²) in [6.45, 7) is 3.43. The van der Waals surface area contributed by atoms with Gasteiger partial charge in [0.15, 0.2) is 0 Å². The minimum atomic E-state index is 0.775. The van der Waals surface area contributed by atoms with Gasteiger partial charge in [0.25, 0.3) is 0 Å². The van der Waals surface area contributed by atoms with Gasteiger partial charge in [-0.1, -0.05) is 6.92 Å². The third-order valence-corrected chi connectivity index (χ3v) is 2.54. The smallest absolute Gasteiger partial charge is 0.0253 e. The maximum Gasteiger partial charge on any atom is 0.0253 e. The highest BCUT2D eigenvalue weighted by atomic mass is 32.2. The van der Waals surface area contributed by atoms with Crippen LogP contribution >= 0.6 is 11.8 Å². The lowest BCUT2D eigenvalue weighted by atomic mass is 10.2. The van der Waals surface area contributed by atoms with Crippen molar-refractivity contribution in [3.63, 3.8) is 0 Å². The molecule has 0 aliphatic rings. The summed E-state index contributed by atoms with van der Waals surface area (Å²) in [6, 6.07) is 4.15. The Morgan fingerprint density at radius 2 is 2.00 bits per heavy atom. The first-order valence-corrected chi connectivity index (χ1v) is 5.32. The van der Waals surface area contributed by atoms with Crippen molar-refractivity contribution in [2.24, 2.45) is 5.92 Å². The van der Waals surface area contributed by atoms with E-state index < -0.39 is 0 Å². The quantitative estimate of drug-likeness (QED) is 0.670. The topological polar surface area (TPSA) is 4.93 Å². The number of nitrogens with zero attached hydrogens (tertiary/aromatic N) is 1. The van der Waals surface area contributed by atoms with Gasteiger partial charge in [-0.15, -0.1) is 0 Å². The summed E-state index contributed by atoms with van der Waals surface area (Å²) in [6.07, 6.45) is 6.40. The van der Waals surface area contributed by atoms with Crippen molar-refractivity contribution >= 4 is 11.8 Å². The van der Waals surface area contributed by atoms with Crippen LogP contribution < -0.4 is 0 Å². The fraction of sp³-hybridized carbons (Fsp3) is 0.556. The van der Waals surface area contributed by atoms with E-state index in [9.17, 15) is 0 Å². The molecule has 1 atom stereocenters. The summed E-state index contributed by atoms with van der Waals surface area (Å²) < 4.78 is 2.24. The van der Waals surface area contributed by atoms with Crippen LogP contribution in [0.25, 0.3) is 0 Å². The van der Waals surface area contributed by atoms with Crippen molar-refractivity contribution in [2.75, 3.05) is 12.0 Å². The van der Waals surface area contributed by atoms with Crippen LogP contribution in [0.4, 0.5) is 0 Å². The average Bonchev–Trinajstić information content (AvgIpc) is 2.40. The van der Waals surface area contributed by atoms with Gasteiger partial charge >= 0.3 is 0 Å². The van der Waals surface area contributed by atoms with E-state index in [1.165, 1.54) is 5.75 Å². The molecule has 0 aromatic carbocycles. The Labute approximate surface area is 72.8 Å². The Bertz CT molecular complexity index is 181. The van der Waals surface area contributed by atoms with Crippen molar-refractivity contribution in [2.45, 2.75) is 13.5 Å². The highest BCUT2D eigenvalue weighted by Gasteiger charge is 1.99. The van der Waals surface area contributed by atoms with E-state index in [-0.39, 0.29) is 0 Å². The Balaban J connectivity index is 2.31. The van der Waals surface area contributed by atoms with Crippen molar-refractivity contribution in [3.8, 4) is 0 Å². The predicted octanol–water partition coefficient (Wildman–Crippen LogP) is 2.49. The molecule has 1 unspecified atom stereocenters. The van der Waals surface area contributed by atoms with Gasteiger partial charge in [0.05, 0.1) is 0 Å². The first kappa shape index (κ1) is 8.72. The van der Waals surface area contributed by atoms with Gasteiger partial charge in [-0.05, 0) is 30.1 Å². The molecule has 1 aromatic heterocycles. The van der Waals surface area contributed by atoms with E-state index in [0.717, 1.165) is 12.5 Å². The zero-order valence-corrected chi connectivity index (χ0v) is 7.97. The number of thioether (sulfide) groups is 1. The monoisotopic (exact) mass is 169 g/mol. The molecule has 0 bridgehead atoms. The molecule has 0 aliphatic heterocycles. The van der Waals surface area contributed by atoms with Crippen molar-refractivity contribution in [3.05, 3.63) is 24.5 Å². The fourth-order valence-electron chi connectivity index (χ4n) is 1.19. The van der Waals surface area contributed by atoms with E-state index in [4.69, 9.17) is 0 Å². The van der Waals surface area contributed by atoms with Crippen LogP contribution in [0.5, 0.6) is 0 Å². The summed E-state index contributed by atoms with van der Waals surface area (Å²) in [4.78, 5) is 0. The lowest BCUT2D eigenvalue weighted by Gasteiger charge is -2.09. The van der Waals surface area contributed by atoms with Gasteiger partial charge in [-0.2, -0.15) is 11.8 Å². The summed E-state index contributed by atoms with van der Waals surface area (Å²) >= 11 is 1.92. The highest BCUT2D eigenvalue weighted by Crippen LogP contribution is 2.07. The van der Waals surface area contributed by atoms with E-state index in [1.54, 1.807) is 0 Å². The lowest BCUT2D eigenvalue weighted by Crippen LogP contribution is -2.07. The molecule has 0 saturated heterocycles. The molecule has 0 saturated carbocycles. The van der Waals surface area contributed by atoms with E-state index in [2.05, 4.69) is 42.3 Å². The maximum absolute atomic E-state index is 2.29. The number of rotatable bonds is 4. The van der Waals surface area contributed by atoms with Crippen LogP contribution in [0.3, 0.4) is 0 Å². The molecule has 1 heterocycles. The van der Waals surface area contributed by atoms with Crippen molar-refractivity contribution in [1.82, 2.24) is 4.57 Å². The second kappa shape index (κ2) is 4.50. The minimum Gasteiger partial charge on any atom is -0.354 e. The minimum absolute atomic E-state index is 0.775. The lowest BCUT2D eigenvalue weighted by molar-refractivity contribution is 0.533. The fourth-order valence-corrected chi connectivity index (χ4v) is 1.86. The Hall–Kier alpha value is -0.370. The van der Waals surface area contributed by atoms with Gasteiger partial charge in [-0.3, -0.25) is 0 Å². The molecule has 1 rings (SSSR count). The molecule has 0 aliphatic carbocycles. The molecule has 0 fully saturated rings. The van der Waals surface area contributed by atoms with E-state index in [1.807, 2.05) is 11.8 Å². The maximum atomic E-state index is 2.29. The summed E-state index contributed by atoms with van der Waals surface area (Å²) in [7, 11) is 0. The van der Waals surface area contributed by atoms with Crippen LogP contribution in [-0.2, 0) is 6.54 Å². The van der Waals surface area contributed by atoms with Gasteiger partial charge in [0.2, 0.25) is 0 Å². The molecular weight excluding hydrogens is 154 g/mol. The largest absolute Gasteiger partial charge is 0.354 e. The van der Waals surface area contributed by atoms with Crippen LogP contribution in [0, 0.1) is 5.92 Å². The third kappa shape index (κ3) is 3.02. The molecular formula is C9H15NS. The van der Waals surface area contributed by atoms with Crippen LogP contribution in [0.15, 0.2) is 24.5 Å². The second-order valence-corrected chi connectivity index (χ2v) is 3.85. The number of aromatic nitrogens is 1.